The zero-order chi connectivity index (χ0) is 21.5. The van der Waals surface area contributed by atoms with E-state index in [1.165, 1.54) is 11.3 Å². The molecule has 5 nitrogen and oxygen atoms in total. The molecule has 0 aliphatic rings. The number of thiophene rings is 1. The van der Waals surface area contributed by atoms with Gasteiger partial charge in [0.05, 0.1) is 28.8 Å². The number of aromatic nitrogens is 3. The van der Waals surface area contributed by atoms with Crippen molar-refractivity contribution in [2.24, 2.45) is 0 Å². The van der Waals surface area contributed by atoms with Gasteiger partial charge in [-0.2, -0.15) is 13.2 Å². The van der Waals surface area contributed by atoms with Gasteiger partial charge in [-0.3, -0.25) is 9.78 Å². The Kier molecular flexibility index (Phi) is 5.25. The van der Waals surface area contributed by atoms with E-state index in [0.717, 1.165) is 17.2 Å². The zero-order valence-electron chi connectivity index (χ0n) is 15.4. The molecule has 30 heavy (non-hydrogen) atoms. The van der Waals surface area contributed by atoms with Crippen LogP contribution < -0.4 is 10.3 Å². The summed E-state index contributed by atoms with van der Waals surface area (Å²) in [5.74, 6) is 0.971. The van der Waals surface area contributed by atoms with Crippen LogP contribution in [-0.2, 0) is 12.6 Å². The van der Waals surface area contributed by atoms with E-state index in [2.05, 4.69) is 15.0 Å². The molecule has 3 heterocycles. The van der Waals surface area contributed by atoms with Crippen molar-refractivity contribution in [3.05, 3.63) is 74.4 Å². The van der Waals surface area contributed by atoms with Crippen molar-refractivity contribution in [1.29, 1.82) is 0 Å². The maximum Gasteiger partial charge on any atom is 0.417 e. The quantitative estimate of drug-likeness (QED) is 0.456. The van der Waals surface area contributed by atoms with E-state index in [1.807, 2.05) is 17.5 Å². The van der Waals surface area contributed by atoms with E-state index in [0.29, 0.717) is 22.2 Å². The van der Waals surface area contributed by atoms with Crippen LogP contribution in [-0.4, -0.2) is 22.1 Å². The predicted octanol–water partition coefficient (Wildman–Crippen LogP) is 5.32. The van der Waals surface area contributed by atoms with Gasteiger partial charge >= 0.3 is 6.18 Å². The summed E-state index contributed by atoms with van der Waals surface area (Å²) in [4.78, 5) is 24.2. The standard InChI is InChI=1S/C20H13ClF3N3O2S/c1-29-12-4-2-10(3-5-12)13-9-30-19-17(13)18(28)26-16(27-19)7-15-14(21)6-11(8-25-15)20(22,23)24/h2-6,8-9H,7H2,1H3,(H,26,27,28). The molecule has 0 aliphatic carbocycles. The lowest BCUT2D eigenvalue weighted by molar-refractivity contribution is -0.137. The maximum atomic E-state index is 12.8. The number of aromatic amines is 1. The molecule has 4 aromatic rings. The van der Waals surface area contributed by atoms with Crippen molar-refractivity contribution in [3.8, 4) is 16.9 Å². The summed E-state index contributed by atoms with van der Waals surface area (Å²) in [5, 5.41) is 2.14. The van der Waals surface area contributed by atoms with Crippen LogP contribution in [0.4, 0.5) is 13.2 Å². The Bertz CT molecular complexity index is 1280. The normalized spacial score (nSPS) is 11.8. The number of hydrogen-bond donors (Lipinski definition) is 1. The first kappa shape index (κ1) is 20.4. The number of halogens is 4. The summed E-state index contributed by atoms with van der Waals surface area (Å²) in [7, 11) is 1.57. The van der Waals surface area contributed by atoms with E-state index in [1.54, 1.807) is 19.2 Å². The van der Waals surface area contributed by atoms with Gasteiger partial charge in [0.1, 0.15) is 16.4 Å². The number of rotatable bonds is 4. The van der Waals surface area contributed by atoms with Crippen LogP contribution in [0.5, 0.6) is 5.75 Å². The largest absolute Gasteiger partial charge is 0.497 e. The average molecular weight is 452 g/mol. The number of nitrogens with zero attached hydrogens (tertiary/aromatic N) is 2. The van der Waals surface area contributed by atoms with Crippen LogP contribution >= 0.6 is 22.9 Å². The third-order valence-corrected chi connectivity index (χ3v) is 5.67. The van der Waals surface area contributed by atoms with E-state index >= 15 is 0 Å². The molecule has 3 aromatic heterocycles. The van der Waals surface area contributed by atoms with E-state index in [9.17, 15) is 18.0 Å². The van der Waals surface area contributed by atoms with Crippen molar-refractivity contribution in [3.63, 3.8) is 0 Å². The molecular weight excluding hydrogens is 439 g/mol. The molecule has 1 N–H and O–H groups in total. The molecule has 0 spiro atoms. The third-order valence-electron chi connectivity index (χ3n) is 4.47. The summed E-state index contributed by atoms with van der Waals surface area (Å²) >= 11 is 7.27. The summed E-state index contributed by atoms with van der Waals surface area (Å²) in [6.07, 6.45) is -3.82. The molecular formula is C20H13ClF3N3O2S. The molecule has 1 aromatic carbocycles. The number of hydrogen-bond acceptors (Lipinski definition) is 5. The monoisotopic (exact) mass is 451 g/mol. The Balaban J connectivity index is 1.68. The van der Waals surface area contributed by atoms with Gasteiger partial charge in [-0.25, -0.2) is 4.98 Å². The second kappa shape index (κ2) is 7.73. The fraction of sp³-hybridized carbons (Fsp3) is 0.150. The van der Waals surface area contributed by atoms with Gasteiger partial charge in [-0.1, -0.05) is 23.7 Å². The highest BCUT2D eigenvalue weighted by atomic mass is 35.5. The Morgan fingerprint density at radius 1 is 1.23 bits per heavy atom. The molecule has 10 heteroatoms. The molecule has 0 saturated heterocycles. The van der Waals surface area contributed by atoms with Gasteiger partial charge in [0.2, 0.25) is 0 Å². The van der Waals surface area contributed by atoms with E-state index in [-0.39, 0.29) is 28.5 Å². The number of alkyl halides is 3. The van der Waals surface area contributed by atoms with Crippen molar-refractivity contribution < 1.29 is 17.9 Å². The zero-order valence-corrected chi connectivity index (χ0v) is 17.0. The number of fused-ring (bicyclic) bond motifs is 1. The minimum Gasteiger partial charge on any atom is -0.497 e. The molecule has 0 unspecified atom stereocenters. The van der Waals surface area contributed by atoms with Gasteiger partial charge in [0, 0.05) is 23.6 Å². The Morgan fingerprint density at radius 3 is 2.60 bits per heavy atom. The fourth-order valence-corrected chi connectivity index (χ4v) is 4.17. The lowest BCUT2D eigenvalue weighted by atomic mass is 10.1. The van der Waals surface area contributed by atoms with Crippen LogP contribution in [0.15, 0.2) is 46.7 Å². The molecule has 154 valence electrons. The summed E-state index contributed by atoms with van der Waals surface area (Å²) < 4.78 is 43.5. The Labute approximate surface area is 177 Å². The first-order chi connectivity index (χ1) is 14.3. The highest BCUT2D eigenvalue weighted by molar-refractivity contribution is 7.17. The van der Waals surface area contributed by atoms with Gasteiger partial charge in [-0.05, 0) is 23.8 Å². The minimum atomic E-state index is -4.53. The maximum absolute atomic E-state index is 12.8. The number of H-pyrrole nitrogens is 1. The number of nitrogens with one attached hydrogen (secondary N) is 1. The summed E-state index contributed by atoms with van der Waals surface area (Å²) in [6, 6.07) is 8.10. The van der Waals surface area contributed by atoms with Crippen LogP contribution in [0.3, 0.4) is 0 Å². The smallest absolute Gasteiger partial charge is 0.417 e. The minimum absolute atomic E-state index is 0.00206. The topological polar surface area (TPSA) is 67.9 Å². The summed E-state index contributed by atoms with van der Waals surface area (Å²) in [6.45, 7) is 0. The highest BCUT2D eigenvalue weighted by Crippen LogP contribution is 2.33. The number of methoxy groups -OCH3 is 1. The third kappa shape index (κ3) is 3.90. The molecule has 0 amide bonds. The molecule has 0 radical (unpaired) electrons. The van der Waals surface area contributed by atoms with Crippen LogP contribution in [0.1, 0.15) is 17.1 Å². The first-order valence-corrected chi connectivity index (χ1v) is 9.88. The van der Waals surface area contributed by atoms with Gasteiger partial charge < -0.3 is 9.72 Å². The van der Waals surface area contributed by atoms with E-state index in [4.69, 9.17) is 16.3 Å². The van der Waals surface area contributed by atoms with Gasteiger partial charge in [0.25, 0.3) is 5.56 Å². The van der Waals surface area contributed by atoms with Crippen molar-refractivity contribution in [2.75, 3.05) is 7.11 Å². The van der Waals surface area contributed by atoms with Crippen molar-refractivity contribution in [1.82, 2.24) is 15.0 Å². The Hall–Kier alpha value is -2.91. The first-order valence-electron chi connectivity index (χ1n) is 8.62. The Morgan fingerprint density at radius 2 is 1.97 bits per heavy atom. The lowest BCUT2D eigenvalue weighted by Crippen LogP contribution is -2.13. The number of benzene rings is 1. The molecule has 0 aliphatic heterocycles. The molecule has 0 fully saturated rings. The molecule has 0 saturated carbocycles. The fourth-order valence-electron chi connectivity index (χ4n) is 2.97. The summed E-state index contributed by atoms with van der Waals surface area (Å²) in [5.41, 5.74) is 0.498. The molecule has 0 atom stereocenters. The van der Waals surface area contributed by atoms with Crippen LogP contribution in [0, 0.1) is 0 Å². The molecule has 4 rings (SSSR count). The number of ether oxygens (including phenoxy) is 1. The second-order valence-corrected chi connectivity index (χ2v) is 7.66. The van der Waals surface area contributed by atoms with E-state index < -0.39 is 11.7 Å². The van der Waals surface area contributed by atoms with Crippen LogP contribution in [0.25, 0.3) is 21.3 Å². The average Bonchev–Trinajstić information content (AvgIpc) is 3.13. The number of pyridine rings is 1. The van der Waals surface area contributed by atoms with Crippen LogP contribution in [0.2, 0.25) is 5.02 Å². The van der Waals surface area contributed by atoms with Gasteiger partial charge in [0.15, 0.2) is 0 Å². The van der Waals surface area contributed by atoms with Crippen molar-refractivity contribution >= 4 is 33.2 Å². The SMILES string of the molecule is COc1ccc(-c2csc3nc(Cc4ncc(C(F)(F)F)cc4Cl)[nH]c(=O)c23)cc1. The van der Waals surface area contributed by atoms with Crippen molar-refractivity contribution in [2.45, 2.75) is 12.6 Å². The second-order valence-electron chi connectivity index (χ2n) is 6.40. The highest BCUT2D eigenvalue weighted by Gasteiger charge is 2.31. The lowest BCUT2D eigenvalue weighted by Gasteiger charge is -2.09. The van der Waals surface area contributed by atoms with Gasteiger partial charge in [-0.15, -0.1) is 11.3 Å². The molecule has 0 bridgehead atoms. The predicted molar refractivity (Wildman–Crippen MR) is 109 cm³/mol.